The summed E-state index contributed by atoms with van der Waals surface area (Å²) in [6.45, 7) is 5.93. The lowest BCUT2D eigenvalue weighted by Gasteiger charge is -2.21. The third-order valence-corrected chi connectivity index (χ3v) is 3.37. The van der Waals surface area contributed by atoms with Gasteiger partial charge >= 0.3 is 0 Å². The number of amides is 1. The molecule has 2 aromatic carbocycles. The summed E-state index contributed by atoms with van der Waals surface area (Å²) < 4.78 is 0. The summed E-state index contributed by atoms with van der Waals surface area (Å²) in [5.41, 5.74) is 2.30. The maximum Gasteiger partial charge on any atom is 0.237 e. The van der Waals surface area contributed by atoms with E-state index in [0.717, 1.165) is 5.56 Å². The van der Waals surface area contributed by atoms with Crippen LogP contribution < -0.4 is 5.32 Å². The minimum absolute atomic E-state index is 0.0830. The van der Waals surface area contributed by atoms with Crippen molar-refractivity contribution in [3.63, 3.8) is 0 Å². The first kappa shape index (κ1) is 16.0. The number of carbonyl (C=O) groups is 1. The number of hydrogen-bond donors (Lipinski definition) is 1. The number of benzene rings is 2. The van der Waals surface area contributed by atoms with E-state index in [-0.39, 0.29) is 5.91 Å². The molecule has 3 nitrogen and oxygen atoms in total. The maximum absolute atomic E-state index is 12.3. The van der Waals surface area contributed by atoms with Crippen LogP contribution in [0, 0.1) is 0 Å². The Kier molecular flexibility index (Phi) is 6.39. The number of hydrogen-bond acceptors (Lipinski definition) is 2. The lowest BCUT2D eigenvalue weighted by atomic mass is 10.2. The minimum Gasteiger partial charge on any atom is -0.334 e. The second-order valence-electron chi connectivity index (χ2n) is 5.14. The number of nitrogens with zero attached hydrogens (tertiary/aromatic N) is 1. The summed E-state index contributed by atoms with van der Waals surface area (Å²) in [6.07, 6.45) is 1.76. The van der Waals surface area contributed by atoms with E-state index < -0.39 is 0 Å². The lowest BCUT2D eigenvalue weighted by molar-refractivity contribution is -0.130. The van der Waals surface area contributed by atoms with Crippen molar-refractivity contribution in [1.82, 2.24) is 10.2 Å². The topological polar surface area (TPSA) is 32.3 Å². The fourth-order valence-corrected chi connectivity index (χ4v) is 2.24. The van der Waals surface area contributed by atoms with E-state index in [1.165, 1.54) is 5.56 Å². The average Bonchev–Trinajstić information content (AvgIpc) is 2.56. The Bertz CT molecular complexity index is 581. The Labute approximate surface area is 132 Å². The van der Waals surface area contributed by atoms with Gasteiger partial charge in [0.15, 0.2) is 0 Å². The first-order chi connectivity index (χ1) is 10.8. The third-order valence-electron chi connectivity index (χ3n) is 3.37. The van der Waals surface area contributed by atoms with Crippen LogP contribution >= 0.6 is 0 Å². The fourth-order valence-electron chi connectivity index (χ4n) is 2.24. The summed E-state index contributed by atoms with van der Waals surface area (Å²) in [5.74, 6) is 0.0830. The van der Waals surface area contributed by atoms with Gasteiger partial charge in [-0.15, -0.1) is 6.58 Å². The quantitative estimate of drug-likeness (QED) is 0.759. The average molecular weight is 294 g/mol. The SMILES string of the molecule is C=CCN(Cc1ccccc1)C(=O)CNCc1ccccc1. The zero-order valence-electron chi connectivity index (χ0n) is 12.7. The summed E-state index contributed by atoms with van der Waals surface area (Å²) in [5, 5.41) is 3.20. The molecule has 0 radical (unpaired) electrons. The summed E-state index contributed by atoms with van der Waals surface area (Å²) in [6, 6.07) is 20.1. The van der Waals surface area contributed by atoms with Crippen LogP contribution in [-0.4, -0.2) is 23.9 Å². The van der Waals surface area contributed by atoms with Gasteiger partial charge in [-0.2, -0.15) is 0 Å². The van der Waals surface area contributed by atoms with E-state index >= 15 is 0 Å². The predicted octanol–water partition coefficient (Wildman–Crippen LogP) is 2.99. The second kappa shape index (κ2) is 8.80. The Hall–Kier alpha value is -2.39. The summed E-state index contributed by atoms with van der Waals surface area (Å²) in [7, 11) is 0. The molecule has 0 atom stereocenters. The Morgan fingerprint density at radius 1 is 1.00 bits per heavy atom. The van der Waals surface area contributed by atoms with E-state index in [1.807, 2.05) is 60.7 Å². The van der Waals surface area contributed by atoms with Crippen molar-refractivity contribution in [2.24, 2.45) is 0 Å². The van der Waals surface area contributed by atoms with Gasteiger partial charge in [0, 0.05) is 19.6 Å². The van der Waals surface area contributed by atoms with Crippen molar-refractivity contribution >= 4 is 5.91 Å². The molecule has 1 N–H and O–H groups in total. The molecule has 114 valence electrons. The molecule has 22 heavy (non-hydrogen) atoms. The second-order valence-corrected chi connectivity index (χ2v) is 5.14. The van der Waals surface area contributed by atoms with Crippen molar-refractivity contribution in [1.29, 1.82) is 0 Å². The van der Waals surface area contributed by atoms with Gasteiger partial charge in [0.05, 0.1) is 6.54 Å². The Morgan fingerprint density at radius 2 is 1.59 bits per heavy atom. The minimum atomic E-state index is 0.0830. The van der Waals surface area contributed by atoms with Crippen molar-refractivity contribution in [2.75, 3.05) is 13.1 Å². The van der Waals surface area contributed by atoms with E-state index in [0.29, 0.717) is 26.2 Å². The Balaban J connectivity index is 1.85. The summed E-state index contributed by atoms with van der Waals surface area (Å²) >= 11 is 0. The van der Waals surface area contributed by atoms with Crippen LogP contribution in [-0.2, 0) is 17.9 Å². The zero-order chi connectivity index (χ0) is 15.6. The van der Waals surface area contributed by atoms with Gasteiger partial charge in [0.25, 0.3) is 0 Å². The predicted molar refractivity (Wildman–Crippen MR) is 90.2 cm³/mol. The van der Waals surface area contributed by atoms with Crippen LogP contribution in [0.15, 0.2) is 73.3 Å². The largest absolute Gasteiger partial charge is 0.334 e. The molecule has 0 aliphatic rings. The smallest absolute Gasteiger partial charge is 0.237 e. The van der Waals surface area contributed by atoms with Crippen molar-refractivity contribution in [2.45, 2.75) is 13.1 Å². The Morgan fingerprint density at radius 3 is 2.18 bits per heavy atom. The van der Waals surface area contributed by atoms with Crippen LogP contribution in [0.2, 0.25) is 0 Å². The molecule has 0 aliphatic heterocycles. The van der Waals surface area contributed by atoms with E-state index in [4.69, 9.17) is 0 Å². The molecule has 0 saturated heterocycles. The van der Waals surface area contributed by atoms with Crippen LogP contribution in [0.5, 0.6) is 0 Å². The standard InChI is InChI=1S/C19H22N2O/c1-2-13-21(16-18-11-7-4-8-12-18)19(22)15-20-14-17-9-5-3-6-10-17/h2-12,20H,1,13-16H2. The van der Waals surface area contributed by atoms with Crippen molar-refractivity contribution < 1.29 is 4.79 Å². The third kappa shape index (κ3) is 5.19. The molecule has 2 rings (SSSR count). The van der Waals surface area contributed by atoms with Crippen LogP contribution in [0.3, 0.4) is 0 Å². The number of carbonyl (C=O) groups excluding carboxylic acids is 1. The molecule has 0 aliphatic carbocycles. The fraction of sp³-hybridized carbons (Fsp3) is 0.211. The highest BCUT2D eigenvalue weighted by molar-refractivity contribution is 5.78. The molecule has 0 unspecified atom stereocenters. The van der Waals surface area contributed by atoms with Gasteiger partial charge < -0.3 is 10.2 Å². The van der Waals surface area contributed by atoms with E-state index in [9.17, 15) is 4.79 Å². The zero-order valence-corrected chi connectivity index (χ0v) is 12.7. The molecule has 1 amide bonds. The van der Waals surface area contributed by atoms with Gasteiger partial charge in [0.1, 0.15) is 0 Å². The lowest BCUT2D eigenvalue weighted by Crippen LogP contribution is -2.37. The molecule has 0 fully saturated rings. The molecule has 0 aromatic heterocycles. The van der Waals surface area contributed by atoms with Crippen LogP contribution in [0.4, 0.5) is 0 Å². The van der Waals surface area contributed by atoms with E-state index in [1.54, 1.807) is 11.0 Å². The first-order valence-corrected chi connectivity index (χ1v) is 7.47. The maximum atomic E-state index is 12.3. The molecule has 0 spiro atoms. The van der Waals surface area contributed by atoms with Crippen molar-refractivity contribution in [3.05, 3.63) is 84.4 Å². The number of nitrogens with one attached hydrogen (secondary N) is 1. The van der Waals surface area contributed by atoms with Gasteiger partial charge in [-0.05, 0) is 11.1 Å². The van der Waals surface area contributed by atoms with E-state index in [2.05, 4.69) is 11.9 Å². The van der Waals surface area contributed by atoms with Crippen molar-refractivity contribution in [3.8, 4) is 0 Å². The first-order valence-electron chi connectivity index (χ1n) is 7.47. The molecular formula is C19H22N2O. The number of rotatable bonds is 8. The van der Waals surface area contributed by atoms with Gasteiger partial charge in [-0.25, -0.2) is 0 Å². The molecule has 0 saturated carbocycles. The highest BCUT2D eigenvalue weighted by Gasteiger charge is 2.12. The molecular weight excluding hydrogens is 272 g/mol. The normalized spacial score (nSPS) is 10.2. The van der Waals surface area contributed by atoms with Gasteiger partial charge in [-0.3, -0.25) is 4.79 Å². The summed E-state index contributed by atoms with van der Waals surface area (Å²) in [4.78, 5) is 14.1. The van der Waals surface area contributed by atoms with Gasteiger partial charge in [-0.1, -0.05) is 66.7 Å². The van der Waals surface area contributed by atoms with Gasteiger partial charge in [0.2, 0.25) is 5.91 Å². The molecule has 0 bridgehead atoms. The molecule has 2 aromatic rings. The molecule has 0 heterocycles. The van der Waals surface area contributed by atoms with Crippen LogP contribution in [0.1, 0.15) is 11.1 Å². The highest BCUT2D eigenvalue weighted by Crippen LogP contribution is 2.05. The highest BCUT2D eigenvalue weighted by atomic mass is 16.2. The monoisotopic (exact) mass is 294 g/mol. The molecule has 3 heteroatoms. The van der Waals surface area contributed by atoms with Crippen LogP contribution in [0.25, 0.3) is 0 Å².